The molecule has 0 saturated carbocycles. The third-order valence-electron chi connectivity index (χ3n) is 3.69. The van der Waals surface area contributed by atoms with E-state index < -0.39 is 0 Å². The van der Waals surface area contributed by atoms with E-state index in [0.717, 1.165) is 25.2 Å². The first kappa shape index (κ1) is 14.2. The normalized spacial score (nSPS) is 20.4. The lowest BCUT2D eigenvalue weighted by Crippen LogP contribution is -2.43. The zero-order valence-electron chi connectivity index (χ0n) is 11.9. The van der Waals surface area contributed by atoms with Crippen molar-refractivity contribution in [1.82, 2.24) is 10.2 Å². The predicted octanol–water partition coefficient (Wildman–Crippen LogP) is 1.97. The molecule has 1 unspecified atom stereocenters. The number of likely N-dealkylation sites (tertiary alicyclic amines) is 1. The van der Waals surface area contributed by atoms with Crippen LogP contribution in [0.15, 0.2) is 18.2 Å². The number of likely N-dealkylation sites (N-methyl/N-ethyl adjacent to an activating group) is 1. The molecule has 0 spiro atoms. The Hall–Kier alpha value is -1.26. The van der Waals surface area contributed by atoms with Gasteiger partial charge in [0.1, 0.15) is 0 Å². The van der Waals surface area contributed by atoms with Gasteiger partial charge in [0.25, 0.3) is 0 Å². The van der Waals surface area contributed by atoms with E-state index in [4.69, 9.17) is 4.74 Å². The highest BCUT2D eigenvalue weighted by molar-refractivity contribution is 5.45. The van der Waals surface area contributed by atoms with E-state index in [1.165, 1.54) is 12.8 Å². The van der Waals surface area contributed by atoms with Gasteiger partial charge in [-0.1, -0.05) is 12.1 Å². The number of rotatable bonds is 5. The van der Waals surface area contributed by atoms with Crippen LogP contribution < -0.4 is 10.1 Å². The third kappa shape index (κ3) is 3.61. The van der Waals surface area contributed by atoms with Crippen LogP contribution >= 0.6 is 0 Å². The van der Waals surface area contributed by atoms with Crippen LogP contribution in [0.3, 0.4) is 0 Å². The zero-order valence-corrected chi connectivity index (χ0v) is 11.9. The fraction of sp³-hybridized carbons (Fsp3) is 0.600. The van der Waals surface area contributed by atoms with Gasteiger partial charge in [-0.05, 0) is 39.4 Å². The molecule has 0 amide bonds. The molecule has 1 fully saturated rings. The molecule has 1 saturated heterocycles. The molecule has 106 valence electrons. The van der Waals surface area contributed by atoms with Crippen molar-refractivity contribution in [2.45, 2.75) is 32.4 Å². The Morgan fingerprint density at radius 3 is 3.05 bits per heavy atom. The maximum atomic E-state index is 10.2. The molecule has 0 radical (unpaired) electrons. The molecule has 1 aliphatic rings. The number of hydrogen-bond acceptors (Lipinski definition) is 4. The lowest BCUT2D eigenvalue weighted by atomic mass is 10.0. The van der Waals surface area contributed by atoms with Crippen molar-refractivity contribution in [1.29, 1.82) is 0 Å². The summed E-state index contributed by atoms with van der Waals surface area (Å²) in [7, 11) is 2.02. The highest BCUT2D eigenvalue weighted by atomic mass is 16.5. The fourth-order valence-corrected chi connectivity index (χ4v) is 2.64. The Morgan fingerprint density at radius 1 is 1.47 bits per heavy atom. The molecular formula is C15H24N2O2. The third-order valence-corrected chi connectivity index (χ3v) is 3.69. The minimum absolute atomic E-state index is 0.288. The number of nitrogens with zero attached hydrogens (tertiary/aromatic N) is 1. The zero-order chi connectivity index (χ0) is 13.7. The number of para-hydroxylation sites is 1. The van der Waals surface area contributed by atoms with Gasteiger partial charge >= 0.3 is 0 Å². The second-order valence-corrected chi connectivity index (χ2v) is 5.06. The van der Waals surface area contributed by atoms with Gasteiger partial charge in [-0.2, -0.15) is 0 Å². The van der Waals surface area contributed by atoms with Gasteiger partial charge in [-0.25, -0.2) is 0 Å². The standard InChI is InChI=1S/C15H24N2O2/c1-3-19-14-8-4-6-12(15(14)18)10-17-9-5-7-13(11-17)16-2/h4,6,8,13,16,18H,3,5,7,9-11H2,1-2H3. The molecule has 4 heteroatoms. The van der Waals surface area contributed by atoms with Crippen molar-refractivity contribution in [2.24, 2.45) is 0 Å². The summed E-state index contributed by atoms with van der Waals surface area (Å²) in [5.41, 5.74) is 0.947. The summed E-state index contributed by atoms with van der Waals surface area (Å²) in [4.78, 5) is 2.38. The van der Waals surface area contributed by atoms with Gasteiger partial charge in [0.05, 0.1) is 6.61 Å². The topological polar surface area (TPSA) is 44.7 Å². The van der Waals surface area contributed by atoms with Crippen molar-refractivity contribution < 1.29 is 9.84 Å². The summed E-state index contributed by atoms with van der Waals surface area (Å²) in [6.07, 6.45) is 2.44. The van der Waals surface area contributed by atoms with E-state index in [-0.39, 0.29) is 5.75 Å². The van der Waals surface area contributed by atoms with Gasteiger partial charge in [-0.15, -0.1) is 0 Å². The Labute approximate surface area is 115 Å². The molecule has 1 aliphatic heterocycles. The van der Waals surface area contributed by atoms with Crippen LogP contribution in [-0.4, -0.2) is 42.8 Å². The first-order valence-electron chi connectivity index (χ1n) is 7.07. The first-order valence-corrected chi connectivity index (χ1v) is 7.07. The maximum Gasteiger partial charge on any atom is 0.162 e. The smallest absolute Gasteiger partial charge is 0.162 e. The molecule has 1 aromatic carbocycles. The lowest BCUT2D eigenvalue weighted by Gasteiger charge is -2.32. The number of phenolic OH excluding ortho intramolecular Hbond substituents is 1. The average Bonchev–Trinajstić information content (AvgIpc) is 2.44. The molecule has 0 aromatic heterocycles. The van der Waals surface area contributed by atoms with Gasteiger partial charge < -0.3 is 15.2 Å². The predicted molar refractivity (Wildman–Crippen MR) is 76.6 cm³/mol. The van der Waals surface area contributed by atoms with E-state index in [0.29, 0.717) is 18.4 Å². The Morgan fingerprint density at radius 2 is 2.32 bits per heavy atom. The fourth-order valence-electron chi connectivity index (χ4n) is 2.64. The van der Waals surface area contributed by atoms with Gasteiger partial charge in [0.2, 0.25) is 0 Å². The largest absolute Gasteiger partial charge is 0.504 e. The molecule has 2 N–H and O–H groups in total. The minimum Gasteiger partial charge on any atom is -0.504 e. The highest BCUT2D eigenvalue weighted by Gasteiger charge is 2.19. The number of hydrogen-bond donors (Lipinski definition) is 2. The van der Waals surface area contributed by atoms with Crippen LogP contribution in [-0.2, 0) is 6.54 Å². The van der Waals surface area contributed by atoms with E-state index >= 15 is 0 Å². The number of ether oxygens (including phenoxy) is 1. The SMILES string of the molecule is CCOc1cccc(CN2CCCC(NC)C2)c1O. The molecule has 4 nitrogen and oxygen atoms in total. The molecule has 1 aromatic rings. The van der Waals surface area contributed by atoms with Crippen LogP contribution in [0.25, 0.3) is 0 Å². The van der Waals surface area contributed by atoms with E-state index in [1.54, 1.807) is 0 Å². The molecule has 2 rings (SSSR count). The van der Waals surface area contributed by atoms with Crippen LogP contribution in [0.4, 0.5) is 0 Å². The highest BCUT2D eigenvalue weighted by Crippen LogP contribution is 2.31. The van der Waals surface area contributed by atoms with Crippen LogP contribution in [0.5, 0.6) is 11.5 Å². The van der Waals surface area contributed by atoms with Crippen molar-refractivity contribution in [3.63, 3.8) is 0 Å². The summed E-state index contributed by atoms with van der Waals surface area (Å²) >= 11 is 0. The van der Waals surface area contributed by atoms with Crippen molar-refractivity contribution in [3.05, 3.63) is 23.8 Å². The quantitative estimate of drug-likeness (QED) is 0.853. The van der Waals surface area contributed by atoms with E-state index in [1.807, 2.05) is 32.2 Å². The van der Waals surface area contributed by atoms with Crippen LogP contribution in [0.1, 0.15) is 25.3 Å². The van der Waals surface area contributed by atoms with Crippen LogP contribution in [0.2, 0.25) is 0 Å². The number of aromatic hydroxyl groups is 1. The Balaban J connectivity index is 2.04. The summed E-state index contributed by atoms with van der Waals surface area (Å²) in [6, 6.07) is 6.29. The Kier molecular flexibility index (Phi) is 5.05. The second kappa shape index (κ2) is 6.78. The second-order valence-electron chi connectivity index (χ2n) is 5.06. The maximum absolute atomic E-state index is 10.2. The number of nitrogens with one attached hydrogen (secondary N) is 1. The number of benzene rings is 1. The summed E-state index contributed by atoms with van der Waals surface area (Å²) in [5.74, 6) is 0.873. The van der Waals surface area contributed by atoms with E-state index in [2.05, 4.69) is 10.2 Å². The number of piperidine rings is 1. The summed E-state index contributed by atoms with van der Waals surface area (Å²) < 4.78 is 5.43. The molecule has 0 aliphatic carbocycles. The molecule has 1 heterocycles. The summed E-state index contributed by atoms with van der Waals surface area (Å²) in [6.45, 7) is 5.41. The molecule has 0 bridgehead atoms. The molecular weight excluding hydrogens is 240 g/mol. The molecule has 19 heavy (non-hydrogen) atoms. The minimum atomic E-state index is 0.288. The van der Waals surface area contributed by atoms with Gasteiger partial charge in [-0.3, -0.25) is 4.90 Å². The average molecular weight is 264 g/mol. The van der Waals surface area contributed by atoms with Gasteiger partial charge in [0.15, 0.2) is 11.5 Å². The van der Waals surface area contributed by atoms with Crippen molar-refractivity contribution >= 4 is 0 Å². The monoisotopic (exact) mass is 264 g/mol. The lowest BCUT2D eigenvalue weighted by molar-refractivity contribution is 0.185. The Bertz CT molecular complexity index is 409. The molecule has 1 atom stereocenters. The van der Waals surface area contributed by atoms with Gasteiger partial charge in [0, 0.05) is 24.7 Å². The van der Waals surface area contributed by atoms with E-state index in [9.17, 15) is 5.11 Å². The number of phenols is 1. The van der Waals surface area contributed by atoms with Crippen molar-refractivity contribution in [3.8, 4) is 11.5 Å². The van der Waals surface area contributed by atoms with Crippen molar-refractivity contribution in [2.75, 3.05) is 26.7 Å². The first-order chi connectivity index (χ1) is 9.24. The summed E-state index contributed by atoms with van der Waals surface area (Å²) in [5, 5.41) is 13.5. The van der Waals surface area contributed by atoms with Crippen LogP contribution in [0, 0.1) is 0 Å².